The predicted octanol–water partition coefficient (Wildman–Crippen LogP) is 2.78. The zero-order valence-corrected chi connectivity index (χ0v) is 13.3. The molecule has 1 aliphatic rings. The Bertz CT molecular complexity index is 501. The fourth-order valence-corrected chi connectivity index (χ4v) is 3.55. The van der Waals surface area contributed by atoms with Gasteiger partial charge in [-0.1, -0.05) is 31.2 Å². The molecule has 1 aromatic rings. The summed E-state index contributed by atoms with van der Waals surface area (Å²) in [5, 5.41) is 0.0119. The van der Waals surface area contributed by atoms with Crippen LogP contribution in [-0.4, -0.2) is 35.7 Å². The Morgan fingerprint density at radius 3 is 2.67 bits per heavy atom. The molecule has 114 valence electrons. The highest BCUT2D eigenvalue weighted by Crippen LogP contribution is 2.38. The van der Waals surface area contributed by atoms with Gasteiger partial charge in [0.2, 0.25) is 5.91 Å². The van der Waals surface area contributed by atoms with Gasteiger partial charge in [0.1, 0.15) is 5.37 Å². The van der Waals surface area contributed by atoms with Gasteiger partial charge in [0.25, 0.3) is 0 Å². The second-order valence-corrected chi connectivity index (χ2v) is 5.97. The number of thioether (sulfide) groups is 1. The second kappa shape index (κ2) is 7.50. The van der Waals surface area contributed by atoms with E-state index < -0.39 is 0 Å². The number of amides is 1. The van der Waals surface area contributed by atoms with Crippen LogP contribution in [-0.2, 0) is 20.7 Å². The van der Waals surface area contributed by atoms with E-state index >= 15 is 0 Å². The van der Waals surface area contributed by atoms with Gasteiger partial charge in [0, 0.05) is 6.54 Å². The molecule has 1 unspecified atom stereocenters. The van der Waals surface area contributed by atoms with Gasteiger partial charge >= 0.3 is 5.97 Å². The lowest BCUT2D eigenvalue weighted by Gasteiger charge is -2.24. The molecule has 0 spiro atoms. The molecule has 1 aromatic carbocycles. The van der Waals surface area contributed by atoms with Crippen molar-refractivity contribution in [2.45, 2.75) is 32.1 Å². The van der Waals surface area contributed by atoms with Crippen LogP contribution in [0, 0.1) is 0 Å². The molecule has 1 amide bonds. The lowest BCUT2D eigenvalue weighted by Crippen LogP contribution is -2.30. The normalized spacial score (nSPS) is 18.1. The molecule has 0 radical (unpaired) electrons. The zero-order valence-electron chi connectivity index (χ0n) is 12.5. The summed E-state index contributed by atoms with van der Waals surface area (Å²) in [7, 11) is 0. The molecule has 0 saturated carbocycles. The summed E-state index contributed by atoms with van der Waals surface area (Å²) >= 11 is 1.61. The van der Waals surface area contributed by atoms with Crippen LogP contribution in [0.1, 0.15) is 36.8 Å². The van der Waals surface area contributed by atoms with Crippen LogP contribution in [0.15, 0.2) is 24.3 Å². The summed E-state index contributed by atoms with van der Waals surface area (Å²) in [6.45, 7) is 4.70. The molecule has 1 aliphatic heterocycles. The number of esters is 1. The Morgan fingerprint density at radius 1 is 1.33 bits per heavy atom. The van der Waals surface area contributed by atoms with E-state index in [2.05, 4.69) is 31.2 Å². The van der Waals surface area contributed by atoms with Gasteiger partial charge in [0.15, 0.2) is 0 Å². The molecule has 2 rings (SSSR count). The number of carbonyl (C=O) groups excluding carboxylic acids is 2. The lowest BCUT2D eigenvalue weighted by atomic mass is 10.1. The van der Waals surface area contributed by atoms with Crippen molar-refractivity contribution in [1.82, 2.24) is 4.90 Å². The van der Waals surface area contributed by atoms with E-state index in [9.17, 15) is 9.59 Å². The first kappa shape index (κ1) is 15.9. The van der Waals surface area contributed by atoms with E-state index in [1.165, 1.54) is 5.56 Å². The first-order chi connectivity index (χ1) is 10.2. The van der Waals surface area contributed by atoms with E-state index in [0.717, 1.165) is 12.0 Å². The maximum Gasteiger partial charge on any atom is 0.307 e. The van der Waals surface area contributed by atoms with E-state index in [1.807, 2.05) is 0 Å². The van der Waals surface area contributed by atoms with Crippen LogP contribution in [0.2, 0.25) is 0 Å². The molecular weight excluding hydrogens is 286 g/mol. The Balaban J connectivity index is 2.03. The number of ether oxygens (including phenoxy) is 1. The van der Waals surface area contributed by atoms with Gasteiger partial charge in [-0.3, -0.25) is 9.59 Å². The third-order valence-corrected chi connectivity index (χ3v) is 4.76. The predicted molar refractivity (Wildman–Crippen MR) is 84.0 cm³/mol. The Labute approximate surface area is 129 Å². The molecule has 0 N–H and O–H groups in total. The molecular formula is C16H21NO3S. The van der Waals surface area contributed by atoms with Crippen LogP contribution in [0.3, 0.4) is 0 Å². The minimum atomic E-state index is -0.248. The van der Waals surface area contributed by atoms with Gasteiger partial charge in [-0.15, -0.1) is 11.8 Å². The SMILES string of the molecule is CCOC(=O)CCN1C(=O)CSC1c1ccc(CC)cc1. The molecule has 21 heavy (non-hydrogen) atoms. The fraction of sp³-hybridized carbons (Fsp3) is 0.500. The summed E-state index contributed by atoms with van der Waals surface area (Å²) in [6, 6.07) is 8.35. The summed E-state index contributed by atoms with van der Waals surface area (Å²) in [4.78, 5) is 25.3. The topological polar surface area (TPSA) is 46.6 Å². The fourth-order valence-electron chi connectivity index (χ4n) is 2.33. The molecule has 1 heterocycles. The summed E-state index contributed by atoms with van der Waals surface area (Å²) in [6.07, 6.45) is 1.26. The molecule has 1 fully saturated rings. The van der Waals surface area contributed by atoms with Gasteiger partial charge in [-0.05, 0) is 24.5 Å². The number of rotatable bonds is 6. The first-order valence-electron chi connectivity index (χ1n) is 7.31. The van der Waals surface area contributed by atoms with Crippen molar-refractivity contribution < 1.29 is 14.3 Å². The maximum absolute atomic E-state index is 12.0. The molecule has 0 aliphatic carbocycles. The van der Waals surface area contributed by atoms with Gasteiger partial charge in [-0.25, -0.2) is 0 Å². The molecule has 0 aromatic heterocycles. The van der Waals surface area contributed by atoms with Gasteiger partial charge in [-0.2, -0.15) is 0 Å². The number of benzene rings is 1. The first-order valence-corrected chi connectivity index (χ1v) is 8.36. The average Bonchev–Trinajstić information content (AvgIpc) is 2.86. The number of hydrogen-bond acceptors (Lipinski definition) is 4. The van der Waals surface area contributed by atoms with Crippen LogP contribution in [0.25, 0.3) is 0 Å². The molecule has 5 heteroatoms. The Morgan fingerprint density at radius 2 is 2.05 bits per heavy atom. The third-order valence-electron chi connectivity index (χ3n) is 3.50. The summed E-state index contributed by atoms with van der Waals surface area (Å²) < 4.78 is 4.92. The molecule has 1 saturated heterocycles. The molecule has 0 bridgehead atoms. The summed E-state index contributed by atoms with van der Waals surface area (Å²) in [5.74, 6) is 0.319. The Kier molecular flexibility index (Phi) is 5.67. The van der Waals surface area contributed by atoms with Crippen molar-refractivity contribution in [3.05, 3.63) is 35.4 Å². The summed E-state index contributed by atoms with van der Waals surface area (Å²) in [5.41, 5.74) is 2.40. The minimum Gasteiger partial charge on any atom is -0.466 e. The van der Waals surface area contributed by atoms with Crippen LogP contribution < -0.4 is 0 Å². The van der Waals surface area contributed by atoms with Gasteiger partial charge < -0.3 is 9.64 Å². The minimum absolute atomic E-state index is 0.0119. The van der Waals surface area contributed by atoms with E-state index in [0.29, 0.717) is 18.9 Å². The van der Waals surface area contributed by atoms with Gasteiger partial charge in [0.05, 0.1) is 18.8 Å². The van der Waals surface area contributed by atoms with Crippen molar-refractivity contribution in [3.63, 3.8) is 0 Å². The van der Waals surface area contributed by atoms with Crippen molar-refractivity contribution in [2.75, 3.05) is 18.9 Å². The van der Waals surface area contributed by atoms with E-state index in [-0.39, 0.29) is 23.7 Å². The van der Waals surface area contributed by atoms with Crippen LogP contribution in [0.5, 0.6) is 0 Å². The number of hydrogen-bond donors (Lipinski definition) is 0. The highest BCUT2D eigenvalue weighted by molar-refractivity contribution is 8.00. The monoisotopic (exact) mass is 307 g/mol. The highest BCUT2D eigenvalue weighted by Gasteiger charge is 2.32. The van der Waals surface area contributed by atoms with Crippen molar-refractivity contribution in [2.24, 2.45) is 0 Å². The average molecular weight is 307 g/mol. The molecule has 1 atom stereocenters. The number of nitrogens with zero attached hydrogens (tertiary/aromatic N) is 1. The number of aryl methyl sites for hydroxylation is 1. The third kappa shape index (κ3) is 4.00. The smallest absolute Gasteiger partial charge is 0.307 e. The quantitative estimate of drug-likeness (QED) is 0.758. The van der Waals surface area contributed by atoms with Crippen molar-refractivity contribution in [1.29, 1.82) is 0 Å². The van der Waals surface area contributed by atoms with Crippen LogP contribution >= 0.6 is 11.8 Å². The van der Waals surface area contributed by atoms with Crippen LogP contribution in [0.4, 0.5) is 0 Å². The standard InChI is InChI=1S/C16H21NO3S/c1-3-12-5-7-13(8-6-12)16-17(14(18)11-21-16)10-9-15(19)20-4-2/h5-8,16H,3-4,9-11H2,1-2H3. The number of carbonyl (C=O) groups is 2. The highest BCUT2D eigenvalue weighted by atomic mass is 32.2. The Hall–Kier alpha value is -1.49. The van der Waals surface area contributed by atoms with Crippen molar-refractivity contribution >= 4 is 23.6 Å². The van der Waals surface area contributed by atoms with E-state index in [4.69, 9.17) is 4.74 Å². The zero-order chi connectivity index (χ0) is 15.2. The largest absolute Gasteiger partial charge is 0.466 e. The van der Waals surface area contributed by atoms with E-state index in [1.54, 1.807) is 23.6 Å². The lowest BCUT2D eigenvalue weighted by molar-refractivity contribution is -0.143. The van der Waals surface area contributed by atoms with Crippen molar-refractivity contribution in [3.8, 4) is 0 Å². The maximum atomic E-state index is 12.0. The molecule has 4 nitrogen and oxygen atoms in total. The second-order valence-electron chi connectivity index (χ2n) is 4.90.